The van der Waals surface area contributed by atoms with Crippen molar-refractivity contribution < 1.29 is 14.0 Å². The van der Waals surface area contributed by atoms with E-state index >= 15 is 0 Å². The number of rotatable bonds is 8. The monoisotopic (exact) mass is 404 g/mol. The van der Waals surface area contributed by atoms with E-state index in [0.717, 1.165) is 12.0 Å². The van der Waals surface area contributed by atoms with Gasteiger partial charge in [0.05, 0.1) is 6.42 Å². The lowest BCUT2D eigenvalue weighted by atomic mass is 10.1. The number of nitrogens with one attached hydrogen (secondary N) is 1. The number of carbonyl (C=O) groups is 2. The van der Waals surface area contributed by atoms with Gasteiger partial charge in [0, 0.05) is 17.6 Å². The molecule has 2 unspecified atom stereocenters. The van der Waals surface area contributed by atoms with Crippen molar-refractivity contribution in [2.45, 2.75) is 52.2 Å². The summed E-state index contributed by atoms with van der Waals surface area (Å²) in [6.45, 7) is 5.88. The van der Waals surface area contributed by atoms with E-state index in [2.05, 4.69) is 5.32 Å². The minimum atomic E-state index is -0.652. The molecule has 0 heterocycles. The van der Waals surface area contributed by atoms with Crippen molar-refractivity contribution >= 4 is 23.4 Å². The summed E-state index contributed by atoms with van der Waals surface area (Å²) in [5.74, 6) is -0.768. The second-order valence-electron chi connectivity index (χ2n) is 6.95. The molecule has 0 saturated heterocycles. The van der Waals surface area contributed by atoms with Gasteiger partial charge in [-0.2, -0.15) is 0 Å². The Morgan fingerprint density at radius 1 is 1.11 bits per heavy atom. The van der Waals surface area contributed by atoms with Crippen LogP contribution in [0.25, 0.3) is 0 Å². The van der Waals surface area contributed by atoms with E-state index in [4.69, 9.17) is 11.6 Å². The molecule has 4 nitrogen and oxygen atoms in total. The molecule has 0 radical (unpaired) electrons. The molecule has 0 fully saturated rings. The fourth-order valence-corrected chi connectivity index (χ4v) is 2.97. The van der Waals surface area contributed by atoms with Crippen molar-refractivity contribution in [3.05, 3.63) is 70.5 Å². The molecule has 2 rings (SSSR count). The van der Waals surface area contributed by atoms with Crippen LogP contribution in [0, 0.1) is 5.82 Å². The number of halogens is 2. The zero-order chi connectivity index (χ0) is 20.7. The van der Waals surface area contributed by atoms with Gasteiger partial charge in [-0.1, -0.05) is 42.8 Å². The van der Waals surface area contributed by atoms with E-state index in [9.17, 15) is 14.0 Å². The van der Waals surface area contributed by atoms with Crippen molar-refractivity contribution in [3.8, 4) is 0 Å². The Kier molecular flexibility index (Phi) is 8.00. The van der Waals surface area contributed by atoms with Crippen LogP contribution in [-0.2, 0) is 22.6 Å². The number of nitrogens with zero attached hydrogens (tertiary/aromatic N) is 1. The summed E-state index contributed by atoms with van der Waals surface area (Å²) in [6.07, 6.45) is 0.887. The maximum absolute atomic E-state index is 13.1. The van der Waals surface area contributed by atoms with Gasteiger partial charge in [0.1, 0.15) is 11.9 Å². The fourth-order valence-electron chi connectivity index (χ4n) is 2.76. The zero-order valence-electron chi connectivity index (χ0n) is 16.4. The quantitative estimate of drug-likeness (QED) is 0.710. The first-order valence-electron chi connectivity index (χ1n) is 9.39. The molecule has 2 aromatic rings. The topological polar surface area (TPSA) is 49.4 Å². The maximum atomic E-state index is 13.1. The Hall–Kier alpha value is -2.40. The minimum absolute atomic E-state index is 0.0233. The summed E-state index contributed by atoms with van der Waals surface area (Å²) in [5, 5.41) is 3.49. The Morgan fingerprint density at radius 2 is 1.79 bits per heavy atom. The molecule has 0 bridgehead atoms. The van der Waals surface area contributed by atoms with Crippen LogP contribution in [0.5, 0.6) is 0 Å². The maximum Gasteiger partial charge on any atom is 0.242 e. The van der Waals surface area contributed by atoms with Crippen LogP contribution in [0.15, 0.2) is 48.5 Å². The third-order valence-corrected chi connectivity index (χ3v) is 4.91. The molecular weight excluding hydrogens is 379 g/mol. The zero-order valence-corrected chi connectivity index (χ0v) is 17.2. The molecule has 0 aliphatic carbocycles. The van der Waals surface area contributed by atoms with Gasteiger partial charge in [0.25, 0.3) is 0 Å². The van der Waals surface area contributed by atoms with Crippen LogP contribution in [0.4, 0.5) is 4.39 Å². The average molecular weight is 405 g/mol. The predicted octanol–water partition coefficient (Wildman–Crippen LogP) is 4.35. The number of benzene rings is 2. The molecule has 28 heavy (non-hydrogen) atoms. The van der Waals surface area contributed by atoms with Crippen molar-refractivity contribution in [1.29, 1.82) is 0 Å². The molecule has 6 heteroatoms. The predicted molar refractivity (Wildman–Crippen MR) is 109 cm³/mol. The second-order valence-corrected chi connectivity index (χ2v) is 7.39. The lowest BCUT2D eigenvalue weighted by molar-refractivity contribution is -0.140. The van der Waals surface area contributed by atoms with Gasteiger partial charge in [0.15, 0.2) is 0 Å². The van der Waals surface area contributed by atoms with Crippen LogP contribution >= 0.6 is 11.6 Å². The third kappa shape index (κ3) is 6.34. The second kappa shape index (κ2) is 10.2. The molecular formula is C22H26ClFN2O2. The lowest BCUT2D eigenvalue weighted by Gasteiger charge is -2.30. The van der Waals surface area contributed by atoms with Crippen molar-refractivity contribution in [2.75, 3.05) is 0 Å². The summed E-state index contributed by atoms with van der Waals surface area (Å²) >= 11 is 6.06. The summed E-state index contributed by atoms with van der Waals surface area (Å²) in [5.41, 5.74) is 1.53. The van der Waals surface area contributed by atoms with Crippen molar-refractivity contribution in [1.82, 2.24) is 10.2 Å². The van der Waals surface area contributed by atoms with E-state index in [1.807, 2.05) is 26.0 Å². The summed E-state index contributed by atoms with van der Waals surface area (Å²) in [4.78, 5) is 27.2. The van der Waals surface area contributed by atoms with E-state index in [0.29, 0.717) is 10.6 Å². The van der Waals surface area contributed by atoms with Gasteiger partial charge < -0.3 is 10.2 Å². The van der Waals surface area contributed by atoms with Gasteiger partial charge >= 0.3 is 0 Å². The molecule has 0 saturated carbocycles. The van der Waals surface area contributed by atoms with E-state index in [1.165, 1.54) is 17.0 Å². The van der Waals surface area contributed by atoms with Crippen molar-refractivity contribution in [2.24, 2.45) is 0 Å². The average Bonchev–Trinajstić information content (AvgIpc) is 2.67. The first-order valence-corrected chi connectivity index (χ1v) is 9.76. The Balaban J connectivity index is 2.22. The summed E-state index contributed by atoms with van der Waals surface area (Å²) in [7, 11) is 0. The minimum Gasteiger partial charge on any atom is -0.352 e. The highest BCUT2D eigenvalue weighted by Gasteiger charge is 2.26. The SMILES string of the molecule is CCC(C)NC(=O)C(C)N(Cc1cccc(Cl)c1)C(=O)Cc1ccc(F)cc1. The molecule has 0 aliphatic heterocycles. The van der Waals surface area contributed by atoms with Crippen LogP contribution in [0.3, 0.4) is 0 Å². The van der Waals surface area contributed by atoms with Crippen LogP contribution in [-0.4, -0.2) is 28.8 Å². The van der Waals surface area contributed by atoms with Crippen LogP contribution in [0.1, 0.15) is 38.3 Å². The highest BCUT2D eigenvalue weighted by atomic mass is 35.5. The molecule has 150 valence electrons. The van der Waals surface area contributed by atoms with E-state index < -0.39 is 6.04 Å². The summed E-state index contributed by atoms with van der Waals surface area (Å²) < 4.78 is 13.1. The first-order chi connectivity index (χ1) is 13.3. The third-order valence-electron chi connectivity index (χ3n) is 4.68. The molecule has 0 aliphatic rings. The molecule has 1 N–H and O–H groups in total. The van der Waals surface area contributed by atoms with E-state index in [1.54, 1.807) is 31.2 Å². The number of hydrogen-bond donors (Lipinski definition) is 1. The fraction of sp³-hybridized carbons (Fsp3) is 0.364. The largest absolute Gasteiger partial charge is 0.352 e. The Labute approximate surface area is 170 Å². The smallest absolute Gasteiger partial charge is 0.242 e. The van der Waals surface area contributed by atoms with Crippen LogP contribution in [0.2, 0.25) is 5.02 Å². The molecule has 0 aromatic heterocycles. The normalized spacial score (nSPS) is 12.9. The number of amides is 2. The first kappa shape index (κ1) is 21.9. The van der Waals surface area contributed by atoms with Gasteiger partial charge in [-0.3, -0.25) is 9.59 Å². The summed E-state index contributed by atoms with van der Waals surface area (Å²) in [6, 6.07) is 12.4. The molecule has 0 spiro atoms. The van der Waals surface area contributed by atoms with Gasteiger partial charge in [-0.15, -0.1) is 0 Å². The Morgan fingerprint density at radius 3 is 2.39 bits per heavy atom. The number of carbonyl (C=O) groups excluding carboxylic acids is 2. The standard InChI is InChI=1S/C22H26ClFN2O2/c1-4-15(2)25-22(28)16(3)26(14-18-6-5-7-19(23)12-18)21(27)13-17-8-10-20(24)11-9-17/h5-12,15-16H,4,13-14H2,1-3H3,(H,25,28). The highest BCUT2D eigenvalue weighted by molar-refractivity contribution is 6.30. The van der Waals surface area contributed by atoms with Gasteiger partial charge in [-0.25, -0.2) is 4.39 Å². The molecule has 2 amide bonds. The number of hydrogen-bond acceptors (Lipinski definition) is 2. The van der Waals surface area contributed by atoms with E-state index in [-0.39, 0.29) is 36.6 Å². The molecule has 2 aromatic carbocycles. The highest BCUT2D eigenvalue weighted by Crippen LogP contribution is 2.16. The van der Waals surface area contributed by atoms with Crippen molar-refractivity contribution in [3.63, 3.8) is 0 Å². The lowest BCUT2D eigenvalue weighted by Crippen LogP contribution is -2.49. The van der Waals surface area contributed by atoms with Gasteiger partial charge in [-0.05, 0) is 55.7 Å². The van der Waals surface area contributed by atoms with Crippen LogP contribution < -0.4 is 5.32 Å². The van der Waals surface area contributed by atoms with Gasteiger partial charge in [0.2, 0.25) is 11.8 Å². The Bertz CT molecular complexity index is 810. The molecule has 2 atom stereocenters.